The van der Waals surface area contributed by atoms with Gasteiger partial charge in [0.15, 0.2) is 0 Å². The molecule has 208 valence electrons. The summed E-state index contributed by atoms with van der Waals surface area (Å²) in [7, 11) is 4.90. The second kappa shape index (κ2) is 21.3. The van der Waals surface area contributed by atoms with E-state index in [1.807, 2.05) is 0 Å². The van der Waals surface area contributed by atoms with Crippen LogP contribution in [0.15, 0.2) is 60.7 Å². The van der Waals surface area contributed by atoms with Crippen molar-refractivity contribution < 1.29 is 4.48 Å². The average Bonchev–Trinajstić information content (AvgIpc) is 2.91. The van der Waals surface area contributed by atoms with Crippen LogP contribution in [0.4, 0.5) is 0 Å². The first-order valence-electron chi connectivity index (χ1n) is 16.1. The molecule has 0 saturated heterocycles. The van der Waals surface area contributed by atoms with Crippen LogP contribution in [0.3, 0.4) is 0 Å². The van der Waals surface area contributed by atoms with Gasteiger partial charge in [-0.05, 0) is 62.5 Å². The molecular weight excluding hydrogens is 446 g/mol. The van der Waals surface area contributed by atoms with Crippen molar-refractivity contribution in [3.63, 3.8) is 0 Å². The van der Waals surface area contributed by atoms with Gasteiger partial charge >= 0.3 is 0 Å². The lowest BCUT2D eigenvalue weighted by Gasteiger charge is -2.30. The third-order valence-electron chi connectivity index (χ3n) is 8.14. The van der Waals surface area contributed by atoms with Gasteiger partial charge in [-0.3, -0.25) is 0 Å². The molecule has 37 heavy (non-hydrogen) atoms. The molecule has 1 heteroatoms. The highest BCUT2D eigenvalue weighted by Crippen LogP contribution is 2.15. The fraction of sp³-hybridized carbons (Fsp3) is 0.667. The molecule has 0 aliphatic carbocycles. The number of aryl methyl sites for hydroxylation is 2. The SMILES string of the molecule is C[N+](C)(CCCCCCCCCCCc1ccccc1)CCCCCCCCCCCc1ccccc1. The number of hydrogen-bond donors (Lipinski definition) is 0. The molecule has 0 N–H and O–H groups in total. The molecule has 0 saturated carbocycles. The maximum absolute atomic E-state index is 2.45. The highest BCUT2D eigenvalue weighted by molar-refractivity contribution is 5.15. The van der Waals surface area contributed by atoms with Crippen molar-refractivity contribution in [2.75, 3.05) is 27.2 Å². The zero-order valence-electron chi connectivity index (χ0n) is 24.8. The molecule has 0 spiro atoms. The molecule has 2 aromatic rings. The third-order valence-corrected chi connectivity index (χ3v) is 8.14. The molecule has 0 radical (unpaired) electrons. The maximum Gasteiger partial charge on any atom is 0.0782 e. The Morgan fingerprint density at radius 3 is 0.946 bits per heavy atom. The summed E-state index contributed by atoms with van der Waals surface area (Å²) in [5.41, 5.74) is 3.00. The fourth-order valence-corrected chi connectivity index (χ4v) is 5.61. The largest absolute Gasteiger partial charge is 0.328 e. The van der Waals surface area contributed by atoms with Crippen LogP contribution >= 0.6 is 0 Å². The Morgan fingerprint density at radius 1 is 0.351 bits per heavy atom. The molecule has 0 aliphatic rings. The zero-order valence-corrected chi connectivity index (χ0v) is 24.8. The van der Waals surface area contributed by atoms with E-state index in [4.69, 9.17) is 0 Å². The molecule has 2 aromatic carbocycles. The second-order valence-corrected chi connectivity index (χ2v) is 12.2. The Hall–Kier alpha value is -1.60. The smallest absolute Gasteiger partial charge is 0.0782 e. The maximum atomic E-state index is 2.45. The van der Waals surface area contributed by atoms with Gasteiger partial charge in [-0.2, -0.15) is 0 Å². The lowest BCUT2D eigenvalue weighted by atomic mass is 10.0. The predicted molar refractivity (Wildman–Crippen MR) is 165 cm³/mol. The first kappa shape index (κ1) is 31.6. The molecule has 0 fully saturated rings. The Labute approximate surface area is 231 Å². The van der Waals surface area contributed by atoms with Crippen LogP contribution in [-0.2, 0) is 12.8 Å². The van der Waals surface area contributed by atoms with Gasteiger partial charge in [0.25, 0.3) is 0 Å². The van der Waals surface area contributed by atoms with Crippen molar-refractivity contribution in [3.8, 4) is 0 Å². The van der Waals surface area contributed by atoms with E-state index < -0.39 is 0 Å². The molecule has 0 unspecified atom stereocenters. The fourth-order valence-electron chi connectivity index (χ4n) is 5.61. The van der Waals surface area contributed by atoms with E-state index in [0.29, 0.717) is 0 Å². The summed E-state index contributed by atoms with van der Waals surface area (Å²) < 4.78 is 1.23. The molecule has 0 aliphatic heterocycles. The van der Waals surface area contributed by atoms with Gasteiger partial charge in [-0.1, -0.05) is 138 Å². The third kappa shape index (κ3) is 18.3. The molecule has 0 amide bonds. The summed E-state index contributed by atoms with van der Waals surface area (Å²) >= 11 is 0. The Balaban J connectivity index is 1.28. The first-order valence-corrected chi connectivity index (χ1v) is 16.1. The van der Waals surface area contributed by atoms with Crippen LogP contribution in [0.2, 0.25) is 0 Å². The van der Waals surface area contributed by atoms with Crippen molar-refractivity contribution in [2.45, 2.75) is 128 Å². The molecule has 0 bridgehead atoms. The summed E-state index contributed by atoms with van der Waals surface area (Å²) in [5, 5.41) is 0. The summed E-state index contributed by atoms with van der Waals surface area (Å²) in [4.78, 5) is 0. The van der Waals surface area contributed by atoms with Gasteiger partial charge in [0, 0.05) is 0 Å². The van der Waals surface area contributed by atoms with Crippen LogP contribution in [0.25, 0.3) is 0 Å². The Morgan fingerprint density at radius 2 is 0.622 bits per heavy atom. The second-order valence-electron chi connectivity index (χ2n) is 12.2. The Bertz CT molecular complexity index is 672. The zero-order chi connectivity index (χ0) is 26.3. The minimum absolute atomic E-state index is 1.23. The van der Waals surface area contributed by atoms with Crippen molar-refractivity contribution in [1.29, 1.82) is 0 Å². The first-order chi connectivity index (χ1) is 18.2. The minimum atomic E-state index is 1.23. The van der Waals surface area contributed by atoms with Gasteiger partial charge in [-0.15, -0.1) is 0 Å². The van der Waals surface area contributed by atoms with Crippen LogP contribution in [0, 0.1) is 0 Å². The van der Waals surface area contributed by atoms with E-state index in [1.165, 1.54) is 157 Å². The van der Waals surface area contributed by atoms with E-state index in [2.05, 4.69) is 74.8 Å². The summed E-state index contributed by atoms with van der Waals surface area (Å²) in [6.45, 7) is 2.73. The molecule has 2 rings (SSSR count). The summed E-state index contributed by atoms with van der Waals surface area (Å²) in [6, 6.07) is 21.9. The van der Waals surface area contributed by atoms with Gasteiger partial charge in [0.05, 0.1) is 27.2 Å². The number of hydrogen-bond acceptors (Lipinski definition) is 0. The lowest BCUT2D eigenvalue weighted by molar-refractivity contribution is -0.890. The minimum Gasteiger partial charge on any atom is -0.328 e. The highest BCUT2D eigenvalue weighted by Gasteiger charge is 2.13. The Kier molecular flexibility index (Phi) is 18.2. The molecular formula is C36H60N+. The van der Waals surface area contributed by atoms with E-state index in [-0.39, 0.29) is 0 Å². The highest BCUT2D eigenvalue weighted by atomic mass is 15.3. The van der Waals surface area contributed by atoms with Crippen molar-refractivity contribution in [1.82, 2.24) is 0 Å². The number of benzene rings is 2. The predicted octanol–water partition coefficient (Wildman–Crippen LogP) is 10.6. The van der Waals surface area contributed by atoms with E-state index in [0.717, 1.165) is 0 Å². The van der Waals surface area contributed by atoms with Gasteiger partial charge in [-0.25, -0.2) is 0 Å². The van der Waals surface area contributed by atoms with E-state index in [1.54, 1.807) is 0 Å². The van der Waals surface area contributed by atoms with Crippen molar-refractivity contribution in [3.05, 3.63) is 71.8 Å². The lowest BCUT2D eigenvalue weighted by Crippen LogP contribution is -2.41. The molecule has 0 aromatic heterocycles. The van der Waals surface area contributed by atoms with Crippen LogP contribution < -0.4 is 0 Å². The topological polar surface area (TPSA) is 0 Å². The van der Waals surface area contributed by atoms with Gasteiger partial charge < -0.3 is 4.48 Å². The quantitative estimate of drug-likeness (QED) is 0.0981. The average molecular weight is 507 g/mol. The van der Waals surface area contributed by atoms with Crippen LogP contribution in [-0.4, -0.2) is 31.7 Å². The summed E-state index contributed by atoms with van der Waals surface area (Å²) in [6.07, 6.45) is 28.1. The molecule has 0 heterocycles. The standard InChI is InChI=1S/C36H60N/c1-37(2,33-25-15-11-7-3-5-9-13-19-27-35-29-21-17-22-30-35)34-26-16-12-8-4-6-10-14-20-28-36-31-23-18-24-32-36/h17-18,21-24,29-32H,3-16,19-20,25-28,33-34H2,1-2H3/q+1. The van der Waals surface area contributed by atoms with Gasteiger partial charge in [0.2, 0.25) is 0 Å². The van der Waals surface area contributed by atoms with Crippen molar-refractivity contribution >= 4 is 0 Å². The van der Waals surface area contributed by atoms with Crippen molar-refractivity contribution in [2.24, 2.45) is 0 Å². The van der Waals surface area contributed by atoms with E-state index >= 15 is 0 Å². The molecule has 1 nitrogen and oxygen atoms in total. The van der Waals surface area contributed by atoms with Crippen LogP contribution in [0.5, 0.6) is 0 Å². The number of unbranched alkanes of at least 4 members (excludes halogenated alkanes) is 16. The summed E-state index contributed by atoms with van der Waals surface area (Å²) in [5.74, 6) is 0. The van der Waals surface area contributed by atoms with E-state index in [9.17, 15) is 0 Å². The number of rotatable bonds is 24. The number of nitrogens with zero attached hydrogens (tertiary/aromatic N) is 1. The van der Waals surface area contributed by atoms with Crippen LogP contribution in [0.1, 0.15) is 127 Å². The van der Waals surface area contributed by atoms with Gasteiger partial charge in [0.1, 0.15) is 0 Å². The normalized spacial score (nSPS) is 11.7. The molecule has 0 atom stereocenters. The number of quaternary nitrogens is 1. The monoisotopic (exact) mass is 506 g/mol.